The molecular weight excluding hydrogens is 268 g/mol. The van der Waals surface area contributed by atoms with Crippen molar-refractivity contribution >= 4 is 0 Å². The van der Waals surface area contributed by atoms with E-state index in [2.05, 4.69) is 97.9 Å². The topological polar surface area (TPSA) is 8.81 Å². The Bertz CT molecular complexity index is 797. The van der Waals surface area contributed by atoms with E-state index < -0.39 is 0 Å². The fourth-order valence-electron chi connectivity index (χ4n) is 3.02. The van der Waals surface area contributed by atoms with Gasteiger partial charge in [-0.25, -0.2) is 0 Å². The van der Waals surface area contributed by atoms with E-state index in [1.165, 1.54) is 28.2 Å². The van der Waals surface area contributed by atoms with Crippen LogP contribution in [0.3, 0.4) is 0 Å². The third-order valence-corrected chi connectivity index (χ3v) is 4.20. The molecule has 2 aromatic heterocycles. The average Bonchev–Trinajstić information content (AvgIpc) is 2.89. The fraction of sp³-hybridized carbons (Fsp3) is 0.250. The Morgan fingerprint density at radius 1 is 0.955 bits per heavy atom. The maximum atomic E-state index is 2.32. The van der Waals surface area contributed by atoms with Gasteiger partial charge in [-0.15, -0.1) is 0 Å². The number of aryl methyl sites for hydroxylation is 2. The molecule has 2 heterocycles. The maximum Gasteiger partial charge on any atom is 0.229 e. The van der Waals surface area contributed by atoms with E-state index >= 15 is 0 Å². The van der Waals surface area contributed by atoms with E-state index in [1.54, 1.807) is 0 Å². The molecule has 3 aromatic rings. The van der Waals surface area contributed by atoms with Crippen LogP contribution in [0.25, 0.3) is 17.1 Å². The minimum Gasteiger partial charge on any atom is -0.311 e. The fourth-order valence-corrected chi connectivity index (χ4v) is 3.02. The van der Waals surface area contributed by atoms with Crippen LogP contribution in [-0.4, -0.2) is 4.57 Å². The molecule has 0 fully saturated rings. The summed E-state index contributed by atoms with van der Waals surface area (Å²) in [6.45, 7) is 6.67. The Kier molecular flexibility index (Phi) is 3.84. The van der Waals surface area contributed by atoms with Gasteiger partial charge in [-0.2, -0.15) is 4.57 Å². The summed E-state index contributed by atoms with van der Waals surface area (Å²) >= 11 is 0. The van der Waals surface area contributed by atoms with Gasteiger partial charge in [0.2, 0.25) is 5.69 Å². The summed E-state index contributed by atoms with van der Waals surface area (Å²) in [6, 6.07) is 17.2. The second kappa shape index (κ2) is 5.80. The number of aromatic nitrogens is 2. The molecule has 0 spiro atoms. The third kappa shape index (κ3) is 2.45. The normalized spacial score (nSPS) is 11.1. The van der Waals surface area contributed by atoms with Gasteiger partial charge in [0, 0.05) is 24.0 Å². The molecule has 2 nitrogen and oxygen atoms in total. The van der Waals surface area contributed by atoms with Crippen molar-refractivity contribution < 1.29 is 4.57 Å². The summed E-state index contributed by atoms with van der Waals surface area (Å²) in [5.74, 6) is 0.497. The maximum absolute atomic E-state index is 2.32. The number of pyridine rings is 1. The summed E-state index contributed by atoms with van der Waals surface area (Å²) in [4.78, 5) is 0. The summed E-state index contributed by atoms with van der Waals surface area (Å²) < 4.78 is 4.50. The van der Waals surface area contributed by atoms with Crippen molar-refractivity contribution in [2.45, 2.75) is 26.7 Å². The third-order valence-electron chi connectivity index (χ3n) is 4.20. The summed E-state index contributed by atoms with van der Waals surface area (Å²) in [5, 5.41) is 0. The predicted octanol–water partition coefficient (Wildman–Crippen LogP) is 4.40. The number of benzene rings is 1. The highest BCUT2D eigenvalue weighted by atomic mass is 15.0. The minimum absolute atomic E-state index is 0.497. The Hall–Kier alpha value is -2.35. The summed E-state index contributed by atoms with van der Waals surface area (Å²) in [6.07, 6.45) is 4.28. The first-order valence-corrected chi connectivity index (χ1v) is 7.82. The summed E-state index contributed by atoms with van der Waals surface area (Å²) in [7, 11) is 2.10. The van der Waals surface area contributed by atoms with Crippen LogP contribution >= 0.6 is 0 Å². The van der Waals surface area contributed by atoms with Crippen LogP contribution in [0.2, 0.25) is 0 Å². The van der Waals surface area contributed by atoms with E-state index in [0.717, 1.165) is 0 Å². The zero-order valence-electron chi connectivity index (χ0n) is 13.7. The molecule has 0 bridgehead atoms. The van der Waals surface area contributed by atoms with Crippen LogP contribution in [0.4, 0.5) is 0 Å². The molecule has 0 saturated carbocycles. The van der Waals surface area contributed by atoms with Gasteiger partial charge in [-0.05, 0) is 42.2 Å². The van der Waals surface area contributed by atoms with Crippen LogP contribution in [0.5, 0.6) is 0 Å². The quantitative estimate of drug-likeness (QED) is 0.632. The molecule has 2 heteroatoms. The Balaban J connectivity index is 2.26. The van der Waals surface area contributed by atoms with Gasteiger partial charge in [0.1, 0.15) is 12.7 Å². The van der Waals surface area contributed by atoms with Gasteiger partial charge < -0.3 is 4.57 Å². The van der Waals surface area contributed by atoms with Gasteiger partial charge in [-0.1, -0.05) is 32.0 Å². The SMILES string of the molecule is Cc1ccn(-c2ccccc2C(C)C)c1-c1cccc[n+]1C. The number of para-hydroxylation sites is 1. The van der Waals surface area contributed by atoms with Crippen molar-refractivity contribution in [1.82, 2.24) is 4.57 Å². The van der Waals surface area contributed by atoms with Crippen LogP contribution in [0, 0.1) is 6.92 Å². The zero-order valence-corrected chi connectivity index (χ0v) is 13.7. The van der Waals surface area contributed by atoms with Crippen molar-refractivity contribution in [3.05, 3.63) is 72.1 Å². The number of hydrogen-bond donors (Lipinski definition) is 0. The van der Waals surface area contributed by atoms with Gasteiger partial charge in [0.05, 0.1) is 0 Å². The number of rotatable bonds is 3. The standard InChI is InChI=1S/C20H23N2/c1-15(2)17-9-5-6-10-18(17)22-14-12-16(3)20(22)19-11-7-8-13-21(19)4/h5-15H,1-4H3/q+1. The molecule has 0 unspecified atom stereocenters. The number of nitrogens with zero attached hydrogens (tertiary/aromatic N) is 2. The lowest BCUT2D eigenvalue weighted by Crippen LogP contribution is -2.30. The highest BCUT2D eigenvalue weighted by molar-refractivity contribution is 5.62. The largest absolute Gasteiger partial charge is 0.311 e. The molecule has 0 saturated heterocycles. The molecule has 112 valence electrons. The first kappa shape index (κ1) is 14.6. The predicted molar refractivity (Wildman–Crippen MR) is 91.2 cm³/mol. The van der Waals surface area contributed by atoms with Crippen LogP contribution in [0.15, 0.2) is 60.9 Å². The molecule has 0 radical (unpaired) electrons. The monoisotopic (exact) mass is 291 g/mol. The molecule has 1 aromatic carbocycles. The lowest BCUT2D eigenvalue weighted by molar-refractivity contribution is -0.660. The van der Waals surface area contributed by atoms with Crippen molar-refractivity contribution in [2.75, 3.05) is 0 Å². The molecular formula is C20H23N2+. The second-order valence-corrected chi connectivity index (χ2v) is 6.13. The lowest BCUT2D eigenvalue weighted by atomic mass is 10.0. The second-order valence-electron chi connectivity index (χ2n) is 6.13. The smallest absolute Gasteiger partial charge is 0.229 e. The van der Waals surface area contributed by atoms with Gasteiger partial charge in [-0.3, -0.25) is 0 Å². The van der Waals surface area contributed by atoms with E-state index in [0.29, 0.717) is 5.92 Å². The molecule has 0 atom stereocenters. The van der Waals surface area contributed by atoms with Crippen LogP contribution < -0.4 is 4.57 Å². The summed E-state index contributed by atoms with van der Waals surface area (Å²) in [5.41, 5.74) is 6.42. The first-order valence-electron chi connectivity index (χ1n) is 7.82. The molecule has 3 rings (SSSR count). The van der Waals surface area contributed by atoms with Gasteiger partial charge >= 0.3 is 0 Å². The Morgan fingerprint density at radius 2 is 1.68 bits per heavy atom. The Labute approximate surface area is 132 Å². The molecule has 0 aliphatic heterocycles. The highest BCUT2D eigenvalue weighted by Gasteiger charge is 2.19. The average molecular weight is 291 g/mol. The molecule has 22 heavy (non-hydrogen) atoms. The first-order chi connectivity index (χ1) is 10.6. The Morgan fingerprint density at radius 3 is 2.41 bits per heavy atom. The van der Waals surface area contributed by atoms with Gasteiger partial charge in [0.15, 0.2) is 6.20 Å². The molecule has 0 N–H and O–H groups in total. The molecule has 0 aliphatic carbocycles. The van der Waals surface area contributed by atoms with E-state index in [4.69, 9.17) is 0 Å². The van der Waals surface area contributed by atoms with E-state index in [1.807, 2.05) is 0 Å². The molecule has 0 amide bonds. The highest BCUT2D eigenvalue weighted by Crippen LogP contribution is 2.29. The van der Waals surface area contributed by atoms with Crippen molar-refractivity contribution in [3.63, 3.8) is 0 Å². The van der Waals surface area contributed by atoms with Crippen LogP contribution in [0.1, 0.15) is 30.9 Å². The van der Waals surface area contributed by atoms with Crippen molar-refractivity contribution in [1.29, 1.82) is 0 Å². The van der Waals surface area contributed by atoms with Gasteiger partial charge in [0.25, 0.3) is 0 Å². The number of hydrogen-bond acceptors (Lipinski definition) is 0. The van der Waals surface area contributed by atoms with Crippen molar-refractivity contribution in [3.8, 4) is 17.1 Å². The van der Waals surface area contributed by atoms with E-state index in [-0.39, 0.29) is 0 Å². The minimum atomic E-state index is 0.497. The van der Waals surface area contributed by atoms with Crippen LogP contribution in [-0.2, 0) is 7.05 Å². The zero-order chi connectivity index (χ0) is 15.7. The van der Waals surface area contributed by atoms with E-state index in [9.17, 15) is 0 Å². The molecule has 0 aliphatic rings. The van der Waals surface area contributed by atoms with Crippen molar-refractivity contribution in [2.24, 2.45) is 7.05 Å². The lowest BCUT2D eigenvalue weighted by Gasteiger charge is -2.16.